The van der Waals surface area contributed by atoms with Crippen LogP contribution in [0.15, 0.2) is 52.1 Å². The van der Waals surface area contributed by atoms with E-state index in [4.69, 9.17) is 11.6 Å². The van der Waals surface area contributed by atoms with Gasteiger partial charge in [-0.25, -0.2) is 0 Å². The molecule has 0 saturated carbocycles. The Balaban J connectivity index is 1.80. The van der Waals surface area contributed by atoms with E-state index in [-0.39, 0.29) is 16.5 Å². The van der Waals surface area contributed by atoms with Crippen molar-refractivity contribution in [3.63, 3.8) is 0 Å². The van der Waals surface area contributed by atoms with Crippen LogP contribution in [0.3, 0.4) is 0 Å². The molecule has 25 heavy (non-hydrogen) atoms. The number of hydrogen-bond donors (Lipinski definition) is 3. The molecule has 0 aliphatic rings. The standard InChI is InChI=1S/C16H10BrClN4O3/c17-9-3-8(5-19-6-9)15(24)21-22-16(25)12-7-20-13-2-1-10(18)4-11(13)14(12)23/h1-7H,(H,20,23)(H,21,24)(H,22,25). The Hall–Kier alpha value is -2.71. The van der Waals surface area contributed by atoms with Crippen LogP contribution < -0.4 is 16.3 Å². The third-order valence-corrected chi connectivity index (χ3v) is 4.01. The molecule has 0 spiro atoms. The normalized spacial score (nSPS) is 10.5. The predicted octanol–water partition coefficient (Wildman–Crippen LogP) is 2.41. The lowest BCUT2D eigenvalue weighted by Gasteiger charge is -2.08. The molecule has 2 aromatic heterocycles. The number of nitrogens with one attached hydrogen (secondary N) is 3. The Morgan fingerprint density at radius 2 is 1.88 bits per heavy atom. The van der Waals surface area contributed by atoms with E-state index >= 15 is 0 Å². The number of pyridine rings is 2. The van der Waals surface area contributed by atoms with Gasteiger partial charge in [0, 0.05) is 39.0 Å². The Bertz CT molecular complexity index is 1050. The monoisotopic (exact) mass is 420 g/mol. The molecule has 0 unspecified atom stereocenters. The lowest BCUT2D eigenvalue weighted by atomic mass is 10.1. The number of carbonyl (C=O) groups excluding carboxylic acids is 2. The lowest BCUT2D eigenvalue weighted by molar-refractivity contribution is 0.0845. The summed E-state index contributed by atoms with van der Waals surface area (Å²) in [4.78, 5) is 43.3. The summed E-state index contributed by atoms with van der Waals surface area (Å²) in [7, 11) is 0. The molecular formula is C16H10BrClN4O3. The zero-order chi connectivity index (χ0) is 18.0. The molecule has 0 aliphatic carbocycles. The van der Waals surface area contributed by atoms with E-state index in [9.17, 15) is 14.4 Å². The summed E-state index contributed by atoms with van der Waals surface area (Å²) in [6.45, 7) is 0. The molecule has 0 aliphatic heterocycles. The van der Waals surface area contributed by atoms with Gasteiger partial charge in [0.1, 0.15) is 5.56 Å². The minimum absolute atomic E-state index is 0.151. The minimum atomic E-state index is -0.751. The number of aromatic amines is 1. The van der Waals surface area contributed by atoms with Crippen molar-refractivity contribution >= 4 is 50.2 Å². The smallest absolute Gasteiger partial charge is 0.275 e. The molecule has 1 aromatic carbocycles. The zero-order valence-corrected chi connectivity index (χ0v) is 14.8. The van der Waals surface area contributed by atoms with Gasteiger partial charge in [-0.2, -0.15) is 0 Å². The number of H-pyrrole nitrogens is 1. The van der Waals surface area contributed by atoms with Crippen molar-refractivity contribution in [3.05, 3.63) is 73.7 Å². The van der Waals surface area contributed by atoms with Crippen LogP contribution in [0, 0.1) is 0 Å². The van der Waals surface area contributed by atoms with Crippen LogP contribution in [0.2, 0.25) is 5.02 Å². The van der Waals surface area contributed by atoms with Crippen molar-refractivity contribution in [2.75, 3.05) is 0 Å². The fourth-order valence-corrected chi connectivity index (χ4v) is 2.69. The van der Waals surface area contributed by atoms with Crippen LogP contribution in [-0.2, 0) is 0 Å². The van der Waals surface area contributed by atoms with Crippen LogP contribution in [0.4, 0.5) is 0 Å². The largest absolute Gasteiger partial charge is 0.360 e. The average molecular weight is 422 g/mol. The number of aromatic nitrogens is 2. The van der Waals surface area contributed by atoms with E-state index in [1.54, 1.807) is 18.2 Å². The zero-order valence-electron chi connectivity index (χ0n) is 12.5. The molecule has 0 bridgehead atoms. The van der Waals surface area contributed by atoms with E-state index in [1.165, 1.54) is 24.7 Å². The lowest BCUT2D eigenvalue weighted by Crippen LogP contribution is -2.43. The highest BCUT2D eigenvalue weighted by Crippen LogP contribution is 2.15. The van der Waals surface area contributed by atoms with Gasteiger partial charge in [0.05, 0.1) is 5.56 Å². The number of rotatable bonds is 2. The molecule has 3 N–H and O–H groups in total. The van der Waals surface area contributed by atoms with Crippen LogP contribution >= 0.6 is 27.5 Å². The first-order valence-electron chi connectivity index (χ1n) is 6.98. The summed E-state index contributed by atoms with van der Waals surface area (Å²) >= 11 is 9.09. The molecular weight excluding hydrogens is 412 g/mol. The molecule has 3 aromatic rings. The second-order valence-corrected chi connectivity index (χ2v) is 6.37. The Morgan fingerprint density at radius 3 is 2.64 bits per heavy atom. The second-order valence-electron chi connectivity index (χ2n) is 5.02. The van der Waals surface area contributed by atoms with E-state index in [1.807, 2.05) is 0 Å². The van der Waals surface area contributed by atoms with Gasteiger partial charge < -0.3 is 4.98 Å². The summed E-state index contributed by atoms with van der Waals surface area (Å²) in [6.07, 6.45) is 4.15. The van der Waals surface area contributed by atoms with Gasteiger partial charge in [0.15, 0.2) is 0 Å². The molecule has 2 heterocycles. The summed E-state index contributed by atoms with van der Waals surface area (Å²) in [6, 6.07) is 6.28. The Morgan fingerprint density at radius 1 is 1.12 bits per heavy atom. The highest BCUT2D eigenvalue weighted by molar-refractivity contribution is 9.10. The van der Waals surface area contributed by atoms with Crippen LogP contribution in [0.5, 0.6) is 0 Å². The van der Waals surface area contributed by atoms with Crippen LogP contribution in [0.1, 0.15) is 20.7 Å². The third-order valence-electron chi connectivity index (χ3n) is 3.34. The van der Waals surface area contributed by atoms with Gasteiger partial charge >= 0.3 is 0 Å². The van der Waals surface area contributed by atoms with Crippen molar-refractivity contribution in [1.29, 1.82) is 0 Å². The topological polar surface area (TPSA) is 104 Å². The quantitative estimate of drug-likeness (QED) is 0.553. The number of hydrogen-bond acceptors (Lipinski definition) is 4. The number of halogens is 2. The minimum Gasteiger partial charge on any atom is -0.360 e. The maximum Gasteiger partial charge on any atom is 0.275 e. The first-order valence-corrected chi connectivity index (χ1v) is 8.15. The third kappa shape index (κ3) is 3.70. The van der Waals surface area contributed by atoms with E-state index in [2.05, 4.69) is 36.7 Å². The Kier molecular flexibility index (Phi) is 4.82. The van der Waals surface area contributed by atoms with Gasteiger partial charge in [0.25, 0.3) is 11.8 Å². The van der Waals surface area contributed by atoms with Gasteiger partial charge in [0.2, 0.25) is 5.43 Å². The number of nitrogens with zero attached hydrogens (tertiary/aromatic N) is 1. The predicted molar refractivity (Wildman–Crippen MR) is 96.4 cm³/mol. The summed E-state index contributed by atoms with van der Waals surface area (Å²) in [5, 5.41) is 0.661. The Labute approximate surface area is 154 Å². The first-order chi connectivity index (χ1) is 12.0. The summed E-state index contributed by atoms with van der Waals surface area (Å²) in [5.41, 5.74) is 4.59. The maximum atomic E-state index is 12.4. The van der Waals surface area contributed by atoms with Crippen molar-refractivity contribution < 1.29 is 9.59 Å². The van der Waals surface area contributed by atoms with Crippen molar-refractivity contribution in [2.24, 2.45) is 0 Å². The molecule has 0 fully saturated rings. The molecule has 0 atom stereocenters. The fourth-order valence-electron chi connectivity index (χ4n) is 2.15. The number of hydrazine groups is 1. The fraction of sp³-hybridized carbons (Fsp3) is 0. The van der Waals surface area contributed by atoms with Gasteiger partial charge in [-0.05, 0) is 40.2 Å². The van der Waals surface area contributed by atoms with E-state index in [0.29, 0.717) is 15.0 Å². The van der Waals surface area contributed by atoms with Gasteiger partial charge in [-0.1, -0.05) is 11.6 Å². The molecule has 126 valence electrons. The average Bonchev–Trinajstić information content (AvgIpc) is 2.60. The highest BCUT2D eigenvalue weighted by Gasteiger charge is 2.15. The SMILES string of the molecule is O=C(NNC(=O)c1c[nH]c2ccc(Cl)cc2c1=O)c1cncc(Br)c1. The molecule has 2 amide bonds. The highest BCUT2D eigenvalue weighted by atomic mass is 79.9. The van der Waals surface area contributed by atoms with Gasteiger partial charge in [-0.3, -0.25) is 30.2 Å². The van der Waals surface area contributed by atoms with Gasteiger partial charge in [-0.15, -0.1) is 0 Å². The number of benzene rings is 1. The summed E-state index contributed by atoms with van der Waals surface area (Å²) in [5.74, 6) is -1.32. The maximum absolute atomic E-state index is 12.4. The first kappa shape index (κ1) is 17.1. The van der Waals surface area contributed by atoms with Crippen molar-refractivity contribution in [3.8, 4) is 0 Å². The number of amides is 2. The summed E-state index contributed by atoms with van der Waals surface area (Å²) < 4.78 is 0.620. The van der Waals surface area contributed by atoms with Crippen LogP contribution in [0.25, 0.3) is 10.9 Å². The molecule has 0 saturated heterocycles. The van der Waals surface area contributed by atoms with Crippen LogP contribution in [-0.4, -0.2) is 21.8 Å². The van der Waals surface area contributed by atoms with Crippen molar-refractivity contribution in [2.45, 2.75) is 0 Å². The molecule has 9 heteroatoms. The second kappa shape index (κ2) is 7.04. The van der Waals surface area contributed by atoms with E-state index in [0.717, 1.165) is 0 Å². The van der Waals surface area contributed by atoms with E-state index < -0.39 is 17.2 Å². The molecule has 0 radical (unpaired) electrons. The molecule has 7 nitrogen and oxygen atoms in total. The molecule has 3 rings (SSSR count). The number of carbonyl (C=O) groups is 2. The number of fused-ring (bicyclic) bond motifs is 1. The van der Waals surface area contributed by atoms with Crippen molar-refractivity contribution in [1.82, 2.24) is 20.8 Å².